The summed E-state index contributed by atoms with van der Waals surface area (Å²) < 4.78 is 42.5. The third kappa shape index (κ3) is 5.28. The summed E-state index contributed by atoms with van der Waals surface area (Å²) in [4.78, 5) is 19.2. The van der Waals surface area contributed by atoms with Gasteiger partial charge in [-0.25, -0.2) is 8.78 Å². The molecule has 174 valence electrons. The van der Waals surface area contributed by atoms with Gasteiger partial charge in [-0.1, -0.05) is 5.16 Å². The molecular weight excluding hydrogens is 434 g/mol. The molecule has 0 radical (unpaired) electrons. The zero-order valence-corrected chi connectivity index (χ0v) is 18.3. The number of carbonyl (C=O) groups excluding carboxylic acids is 1. The predicted molar refractivity (Wildman–Crippen MR) is 116 cm³/mol. The van der Waals surface area contributed by atoms with Gasteiger partial charge in [-0.15, -0.1) is 0 Å². The fourth-order valence-electron chi connectivity index (χ4n) is 3.83. The van der Waals surface area contributed by atoms with Gasteiger partial charge in [-0.2, -0.15) is 4.98 Å². The predicted octanol–water partition coefficient (Wildman–Crippen LogP) is 3.88. The van der Waals surface area contributed by atoms with Crippen LogP contribution in [0.3, 0.4) is 0 Å². The Kier molecular flexibility index (Phi) is 6.83. The summed E-state index contributed by atoms with van der Waals surface area (Å²) in [7, 11) is 3.12. The van der Waals surface area contributed by atoms with Crippen LogP contribution in [0.4, 0.5) is 14.5 Å². The number of ether oxygens (including phenoxy) is 2. The number of hydrogen-bond donors (Lipinski definition) is 1. The Morgan fingerprint density at radius 1 is 1.15 bits per heavy atom. The minimum atomic E-state index is -1.00. The number of likely N-dealkylation sites (tertiary alicyclic amines) is 1. The Bertz CT molecular complexity index is 1140. The number of benzene rings is 2. The number of rotatable bonds is 7. The molecule has 1 aromatic heterocycles. The van der Waals surface area contributed by atoms with E-state index in [9.17, 15) is 13.6 Å². The molecule has 1 unspecified atom stereocenters. The van der Waals surface area contributed by atoms with Crippen molar-refractivity contribution in [3.05, 3.63) is 53.9 Å². The molecular formula is C23H24F2N4O4. The highest BCUT2D eigenvalue weighted by Gasteiger charge is 2.27. The van der Waals surface area contributed by atoms with Crippen molar-refractivity contribution in [1.29, 1.82) is 0 Å². The molecule has 1 amide bonds. The van der Waals surface area contributed by atoms with Crippen LogP contribution < -0.4 is 14.8 Å². The molecule has 1 saturated heterocycles. The first-order valence-electron chi connectivity index (χ1n) is 10.5. The molecule has 33 heavy (non-hydrogen) atoms. The summed E-state index contributed by atoms with van der Waals surface area (Å²) in [5, 5.41) is 6.72. The monoisotopic (exact) mass is 458 g/mol. The molecule has 8 nitrogen and oxygen atoms in total. The molecule has 3 aromatic rings. The summed E-state index contributed by atoms with van der Waals surface area (Å²) in [6.45, 7) is 1.67. The number of aromatic nitrogens is 2. The first-order chi connectivity index (χ1) is 16.0. The van der Waals surface area contributed by atoms with Gasteiger partial charge in [0.1, 0.15) is 0 Å². The van der Waals surface area contributed by atoms with E-state index in [4.69, 9.17) is 14.0 Å². The molecule has 4 rings (SSSR count). The minimum Gasteiger partial charge on any atom is -0.493 e. The highest BCUT2D eigenvalue weighted by Crippen LogP contribution is 2.31. The normalized spacial score (nSPS) is 16.4. The van der Waals surface area contributed by atoms with Crippen molar-refractivity contribution in [2.75, 3.05) is 32.6 Å². The number of carbonyl (C=O) groups is 1. The molecule has 2 aromatic carbocycles. The molecule has 1 atom stereocenters. The number of methoxy groups -OCH3 is 2. The molecule has 0 saturated carbocycles. The van der Waals surface area contributed by atoms with Crippen molar-refractivity contribution >= 4 is 11.6 Å². The van der Waals surface area contributed by atoms with E-state index in [2.05, 4.69) is 20.4 Å². The van der Waals surface area contributed by atoms with Crippen LogP contribution in [0.25, 0.3) is 11.4 Å². The number of nitrogens with zero attached hydrogens (tertiary/aromatic N) is 3. The zero-order chi connectivity index (χ0) is 23.4. The zero-order valence-electron chi connectivity index (χ0n) is 18.3. The van der Waals surface area contributed by atoms with Crippen molar-refractivity contribution in [3.8, 4) is 22.9 Å². The molecule has 1 fully saturated rings. The average Bonchev–Trinajstić information content (AvgIpc) is 3.29. The van der Waals surface area contributed by atoms with Gasteiger partial charge < -0.3 is 19.3 Å². The van der Waals surface area contributed by atoms with Crippen molar-refractivity contribution in [2.24, 2.45) is 5.92 Å². The smallest absolute Gasteiger partial charge is 0.241 e. The van der Waals surface area contributed by atoms with Crippen molar-refractivity contribution in [1.82, 2.24) is 15.0 Å². The quantitative estimate of drug-likeness (QED) is 0.575. The van der Waals surface area contributed by atoms with E-state index in [0.717, 1.165) is 30.7 Å². The van der Waals surface area contributed by atoms with E-state index in [1.165, 1.54) is 6.07 Å². The van der Waals surface area contributed by atoms with Crippen LogP contribution >= 0.6 is 0 Å². The maximum atomic E-state index is 13.4. The van der Waals surface area contributed by atoms with Crippen molar-refractivity contribution in [2.45, 2.75) is 19.4 Å². The molecule has 2 heterocycles. The first-order valence-corrected chi connectivity index (χ1v) is 10.5. The van der Waals surface area contributed by atoms with E-state index >= 15 is 0 Å². The number of piperidine rings is 1. The van der Waals surface area contributed by atoms with Crippen molar-refractivity contribution in [3.63, 3.8) is 0 Å². The Balaban J connectivity index is 1.38. The highest BCUT2D eigenvalue weighted by molar-refractivity contribution is 5.92. The van der Waals surface area contributed by atoms with E-state index in [1.807, 2.05) is 6.07 Å². The summed E-state index contributed by atoms with van der Waals surface area (Å²) in [5.74, 6) is -0.457. The van der Waals surface area contributed by atoms with Crippen LogP contribution in [0.2, 0.25) is 0 Å². The van der Waals surface area contributed by atoms with Gasteiger partial charge in [0.05, 0.1) is 26.7 Å². The van der Waals surface area contributed by atoms with Gasteiger partial charge in [0.2, 0.25) is 17.6 Å². The van der Waals surface area contributed by atoms with Crippen LogP contribution in [-0.2, 0) is 11.3 Å². The second-order valence-corrected chi connectivity index (χ2v) is 7.77. The molecule has 10 heteroatoms. The van der Waals surface area contributed by atoms with Crippen molar-refractivity contribution < 1.29 is 27.6 Å². The fourth-order valence-corrected chi connectivity index (χ4v) is 3.83. The Labute approximate surface area is 189 Å². The fraction of sp³-hybridized carbons (Fsp3) is 0.348. The lowest BCUT2D eigenvalue weighted by molar-refractivity contribution is -0.121. The summed E-state index contributed by atoms with van der Waals surface area (Å²) >= 11 is 0. The Morgan fingerprint density at radius 3 is 2.73 bits per heavy atom. The van der Waals surface area contributed by atoms with Crippen LogP contribution in [0, 0.1) is 17.6 Å². The van der Waals surface area contributed by atoms with E-state index < -0.39 is 11.6 Å². The lowest BCUT2D eigenvalue weighted by Crippen LogP contribution is -2.40. The number of amides is 1. The van der Waals surface area contributed by atoms with Crippen LogP contribution in [0.15, 0.2) is 40.9 Å². The Morgan fingerprint density at radius 2 is 1.97 bits per heavy atom. The molecule has 1 N–H and O–H groups in total. The maximum Gasteiger partial charge on any atom is 0.241 e. The Hall–Kier alpha value is -3.53. The standard InChI is InChI=1S/C23H24F2N4O4/c1-31-19-8-5-14(10-20(19)32-2)22-27-21(33-28-22)13-29-9-3-4-15(12-29)23(30)26-16-6-7-17(24)18(25)11-16/h5-8,10-11,15H,3-4,9,12-13H2,1-2H3,(H,26,30). The topological polar surface area (TPSA) is 89.7 Å². The molecule has 0 aliphatic carbocycles. The summed E-state index contributed by atoms with van der Waals surface area (Å²) in [5.41, 5.74) is 0.956. The van der Waals surface area contributed by atoms with Gasteiger partial charge in [0.25, 0.3) is 0 Å². The third-order valence-electron chi connectivity index (χ3n) is 5.53. The number of anilines is 1. The second-order valence-electron chi connectivity index (χ2n) is 7.77. The van der Waals surface area contributed by atoms with Crippen LogP contribution in [0.1, 0.15) is 18.7 Å². The van der Waals surface area contributed by atoms with E-state index in [1.54, 1.807) is 26.4 Å². The van der Waals surface area contributed by atoms with E-state index in [-0.39, 0.29) is 17.5 Å². The molecule has 1 aliphatic heterocycles. The second kappa shape index (κ2) is 9.95. The lowest BCUT2D eigenvalue weighted by Gasteiger charge is -2.30. The lowest BCUT2D eigenvalue weighted by atomic mass is 9.97. The minimum absolute atomic E-state index is 0.229. The summed E-state index contributed by atoms with van der Waals surface area (Å²) in [6, 6.07) is 8.66. The third-order valence-corrected chi connectivity index (χ3v) is 5.53. The number of hydrogen-bond acceptors (Lipinski definition) is 7. The van der Waals surface area contributed by atoms with Gasteiger partial charge >= 0.3 is 0 Å². The summed E-state index contributed by atoms with van der Waals surface area (Å²) in [6.07, 6.45) is 1.51. The highest BCUT2D eigenvalue weighted by atomic mass is 19.2. The molecule has 0 bridgehead atoms. The molecule has 0 spiro atoms. The van der Waals surface area contributed by atoms with Crippen LogP contribution in [0.5, 0.6) is 11.5 Å². The average molecular weight is 458 g/mol. The SMILES string of the molecule is COc1ccc(-c2noc(CN3CCCC(C(=O)Nc4ccc(F)c(F)c4)C3)n2)cc1OC. The van der Waals surface area contributed by atoms with Crippen LogP contribution in [-0.4, -0.2) is 48.3 Å². The van der Waals surface area contributed by atoms with Gasteiger partial charge in [-0.05, 0) is 49.7 Å². The van der Waals surface area contributed by atoms with Gasteiger partial charge in [-0.3, -0.25) is 9.69 Å². The van der Waals surface area contributed by atoms with E-state index in [0.29, 0.717) is 42.7 Å². The largest absolute Gasteiger partial charge is 0.493 e. The van der Waals surface area contributed by atoms with Gasteiger partial charge in [0, 0.05) is 23.9 Å². The number of nitrogens with one attached hydrogen (secondary N) is 1. The molecule has 1 aliphatic rings. The first kappa shape index (κ1) is 22.7. The number of halogens is 2. The van der Waals surface area contributed by atoms with Gasteiger partial charge in [0.15, 0.2) is 23.1 Å². The maximum absolute atomic E-state index is 13.4.